The standard InChI is InChI=1S/C13H17N3O/c1-3-16-8-11(7-15-16)9-17-12-4-5-13(14)10(2)6-12/h4-8H,3,9,14H2,1-2H3. The molecule has 17 heavy (non-hydrogen) atoms. The first-order valence-electron chi connectivity index (χ1n) is 5.69. The van der Waals surface area contributed by atoms with Gasteiger partial charge in [-0.1, -0.05) is 0 Å². The van der Waals surface area contributed by atoms with Crippen LogP contribution in [0.5, 0.6) is 5.75 Å². The summed E-state index contributed by atoms with van der Waals surface area (Å²) in [6, 6.07) is 5.69. The molecule has 2 N–H and O–H groups in total. The van der Waals surface area contributed by atoms with Gasteiger partial charge in [0.25, 0.3) is 0 Å². The molecule has 0 fully saturated rings. The Morgan fingerprint density at radius 1 is 1.41 bits per heavy atom. The van der Waals surface area contributed by atoms with Gasteiger partial charge in [0.05, 0.1) is 6.20 Å². The Bertz CT molecular complexity index is 505. The van der Waals surface area contributed by atoms with E-state index < -0.39 is 0 Å². The number of ether oxygens (including phenoxy) is 1. The van der Waals surface area contributed by atoms with Crippen LogP contribution in [0.25, 0.3) is 0 Å². The molecule has 0 atom stereocenters. The number of nitrogens with zero attached hydrogens (tertiary/aromatic N) is 2. The second-order valence-corrected chi connectivity index (χ2v) is 4.01. The Morgan fingerprint density at radius 3 is 2.88 bits per heavy atom. The second-order valence-electron chi connectivity index (χ2n) is 4.01. The summed E-state index contributed by atoms with van der Waals surface area (Å²) in [4.78, 5) is 0. The van der Waals surface area contributed by atoms with Crippen LogP contribution >= 0.6 is 0 Å². The first-order chi connectivity index (χ1) is 8.19. The van der Waals surface area contributed by atoms with Gasteiger partial charge in [-0.2, -0.15) is 5.10 Å². The Balaban J connectivity index is 1.99. The number of rotatable bonds is 4. The molecule has 1 aromatic heterocycles. The maximum Gasteiger partial charge on any atom is 0.120 e. The molecule has 0 aliphatic rings. The van der Waals surface area contributed by atoms with Crippen molar-refractivity contribution < 1.29 is 4.74 Å². The highest BCUT2D eigenvalue weighted by molar-refractivity contribution is 5.49. The molecular weight excluding hydrogens is 214 g/mol. The zero-order chi connectivity index (χ0) is 12.3. The van der Waals surface area contributed by atoms with E-state index in [1.54, 1.807) is 0 Å². The van der Waals surface area contributed by atoms with Crippen molar-refractivity contribution in [3.05, 3.63) is 41.7 Å². The van der Waals surface area contributed by atoms with Crippen molar-refractivity contribution >= 4 is 5.69 Å². The molecule has 0 unspecified atom stereocenters. The minimum Gasteiger partial charge on any atom is -0.489 e. The van der Waals surface area contributed by atoms with Gasteiger partial charge in [0.15, 0.2) is 0 Å². The van der Waals surface area contributed by atoms with E-state index in [0.717, 1.165) is 29.1 Å². The molecule has 0 saturated carbocycles. The van der Waals surface area contributed by atoms with E-state index in [1.165, 1.54) is 0 Å². The molecule has 0 amide bonds. The third kappa shape index (κ3) is 2.78. The minimum atomic E-state index is 0.531. The molecule has 0 bridgehead atoms. The van der Waals surface area contributed by atoms with Crippen LogP contribution in [0, 0.1) is 6.92 Å². The summed E-state index contributed by atoms with van der Waals surface area (Å²) in [7, 11) is 0. The van der Waals surface area contributed by atoms with Crippen molar-refractivity contribution in [2.24, 2.45) is 0 Å². The number of aryl methyl sites for hydroxylation is 2. The summed E-state index contributed by atoms with van der Waals surface area (Å²) < 4.78 is 7.56. The van der Waals surface area contributed by atoms with E-state index >= 15 is 0 Å². The van der Waals surface area contributed by atoms with E-state index in [0.29, 0.717) is 6.61 Å². The predicted octanol–water partition coefficient (Wildman–Crippen LogP) is 2.37. The summed E-state index contributed by atoms with van der Waals surface area (Å²) in [5.41, 5.74) is 8.64. The number of hydrogen-bond acceptors (Lipinski definition) is 3. The second kappa shape index (κ2) is 4.91. The molecule has 4 nitrogen and oxygen atoms in total. The van der Waals surface area contributed by atoms with Crippen LogP contribution < -0.4 is 10.5 Å². The fourth-order valence-corrected chi connectivity index (χ4v) is 1.56. The van der Waals surface area contributed by atoms with Crippen LogP contribution in [0.1, 0.15) is 18.1 Å². The van der Waals surface area contributed by atoms with Gasteiger partial charge < -0.3 is 10.5 Å². The summed E-state index contributed by atoms with van der Waals surface area (Å²) >= 11 is 0. The summed E-state index contributed by atoms with van der Waals surface area (Å²) in [5, 5.41) is 4.20. The largest absolute Gasteiger partial charge is 0.489 e. The molecule has 0 aliphatic heterocycles. The van der Waals surface area contributed by atoms with Gasteiger partial charge in [0, 0.05) is 24.0 Å². The third-order valence-corrected chi connectivity index (χ3v) is 2.66. The number of anilines is 1. The lowest BCUT2D eigenvalue weighted by molar-refractivity contribution is 0.306. The molecule has 2 rings (SSSR count). The van der Waals surface area contributed by atoms with Crippen LogP contribution in [0.3, 0.4) is 0 Å². The molecule has 0 radical (unpaired) electrons. The lowest BCUT2D eigenvalue weighted by atomic mass is 10.2. The molecule has 2 aromatic rings. The van der Waals surface area contributed by atoms with E-state index in [4.69, 9.17) is 10.5 Å². The van der Waals surface area contributed by atoms with Crippen molar-refractivity contribution in [3.63, 3.8) is 0 Å². The average molecular weight is 231 g/mol. The molecule has 0 spiro atoms. The highest BCUT2D eigenvalue weighted by Gasteiger charge is 2.00. The quantitative estimate of drug-likeness (QED) is 0.822. The molecule has 1 heterocycles. The first-order valence-corrected chi connectivity index (χ1v) is 5.69. The number of hydrogen-bond donors (Lipinski definition) is 1. The third-order valence-electron chi connectivity index (χ3n) is 2.66. The number of nitrogen functional groups attached to an aromatic ring is 1. The fraction of sp³-hybridized carbons (Fsp3) is 0.308. The molecule has 0 aliphatic carbocycles. The number of aromatic nitrogens is 2. The monoisotopic (exact) mass is 231 g/mol. The van der Waals surface area contributed by atoms with Crippen molar-refractivity contribution in [3.8, 4) is 5.75 Å². The number of nitrogens with two attached hydrogens (primary N) is 1. The van der Waals surface area contributed by atoms with Crippen molar-refractivity contribution in [1.29, 1.82) is 0 Å². The van der Waals surface area contributed by atoms with E-state index in [2.05, 4.69) is 12.0 Å². The molecule has 90 valence electrons. The first kappa shape index (κ1) is 11.5. The minimum absolute atomic E-state index is 0.531. The Labute approximate surface area is 101 Å². The van der Waals surface area contributed by atoms with Crippen molar-refractivity contribution in [1.82, 2.24) is 9.78 Å². The van der Waals surface area contributed by atoms with E-state index in [9.17, 15) is 0 Å². The molecule has 4 heteroatoms. The maximum absolute atomic E-state index is 5.75. The smallest absolute Gasteiger partial charge is 0.120 e. The van der Waals surface area contributed by atoms with Gasteiger partial charge in [0.1, 0.15) is 12.4 Å². The van der Waals surface area contributed by atoms with Crippen molar-refractivity contribution in [2.75, 3.05) is 5.73 Å². The molecule has 0 saturated heterocycles. The highest BCUT2D eigenvalue weighted by atomic mass is 16.5. The van der Waals surface area contributed by atoms with Gasteiger partial charge in [-0.15, -0.1) is 0 Å². The summed E-state index contributed by atoms with van der Waals surface area (Å²) in [5.74, 6) is 0.834. The SMILES string of the molecule is CCn1cc(COc2ccc(N)c(C)c2)cn1. The highest BCUT2D eigenvalue weighted by Crippen LogP contribution is 2.19. The number of benzene rings is 1. The van der Waals surface area contributed by atoms with E-state index in [1.807, 2.05) is 42.2 Å². The van der Waals surface area contributed by atoms with Gasteiger partial charge in [-0.05, 0) is 37.6 Å². The van der Waals surface area contributed by atoms with Gasteiger partial charge in [0.2, 0.25) is 0 Å². The van der Waals surface area contributed by atoms with Gasteiger partial charge in [-0.3, -0.25) is 4.68 Å². The normalized spacial score (nSPS) is 10.5. The molecular formula is C13H17N3O. The van der Waals surface area contributed by atoms with Crippen LogP contribution in [0.15, 0.2) is 30.6 Å². The topological polar surface area (TPSA) is 53.1 Å². The summed E-state index contributed by atoms with van der Waals surface area (Å²) in [6.45, 7) is 5.43. The van der Waals surface area contributed by atoms with Crippen LogP contribution in [-0.2, 0) is 13.2 Å². The fourth-order valence-electron chi connectivity index (χ4n) is 1.56. The Hall–Kier alpha value is -1.97. The van der Waals surface area contributed by atoms with Crippen LogP contribution in [0.2, 0.25) is 0 Å². The van der Waals surface area contributed by atoms with Gasteiger partial charge in [-0.25, -0.2) is 0 Å². The lowest BCUT2D eigenvalue weighted by Gasteiger charge is -2.06. The Kier molecular flexibility index (Phi) is 3.32. The lowest BCUT2D eigenvalue weighted by Crippen LogP contribution is -1.96. The van der Waals surface area contributed by atoms with Crippen molar-refractivity contribution in [2.45, 2.75) is 27.0 Å². The van der Waals surface area contributed by atoms with Gasteiger partial charge >= 0.3 is 0 Å². The van der Waals surface area contributed by atoms with Crippen LogP contribution in [0.4, 0.5) is 5.69 Å². The zero-order valence-corrected chi connectivity index (χ0v) is 10.2. The predicted molar refractivity (Wildman–Crippen MR) is 67.8 cm³/mol. The Morgan fingerprint density at radius 2 is 2.24 bits per heavy atom. The van der Waals surface area contributed by atoms with Crippen LogP contribution in [-0.4, -0.2) is 9.78 Å². The van der Waals surface area contributed by atoms with E-state index in [-0.39, 0.29) is 0 Å². The zero-order valence-electron chi connectivity index (χ0n) is 10.2. The summed E-state index contributed by atoms with van der Waals surface area (Å²) in [6.07, 6.45) is 3.82. The average Bonchev–Trinajstić information content (AvgIpc) is 2.79. The maximum atomic E-state index is 5.75. The molecule has 1 aromatic carbocycles.